The highest BCUT2D eigenvalue weighted by Crippen LogP contribution is 2.36. The van der Waals surface area contributed by atoms with Gasteiger partial charge in [-0.25, -0.2) is 4.79 Å². The molecule has 0 aromatic heterocycles. The summed E-state index contributed by atoms with van der Waals surface area (Å²) in [7, 11) is 0. The normalized spacial score (nSPS) is 27.1. The molecule has 0 spiro atoms. The first kappa shape index (κ1) is 12.9. The van der Waals surface area contributed by atoms with Crippen LogP contribution in [0.5, 0.6) is 0 Å². The first-order chi connectivity index (χ1) is 8.63. The summed E-state index contributed by atoms with van der Waals surface area (Å²) >= 11 is 0. The van der Waals surface area contributed by atoms with E-state index in [9.17, 15) is 4.79 Å². The quantitative estimate of drug-likeness (QED) is 0.854. The van der Waals surface area contributed by atoms with Crippen molar-refractivity contribution in [2.45, 2.75) is 39.2 Å². The van der Waals surface area contributed by atoms with E-state index >= 15 is 0 Å². The van der Waals surface area contributed by atoms with Crippen molar-refractivity contribution in [3.05, 3.63) is 29.8 Å². The number of carboxylic acid groups (broad SMARTS) is 1. The van der Waals surface area contributed by atoms with E-state index in [1.165, 1.54) is 12.8 Å². The second-order valence-electron chi connectivity index (χ2n) is 5.21. The third-order valence-electron chi connectivity index (χ3n) is 4.25. The zero-order valence-corrected chi connectivity index (χ0v) is 11.0. The second-order valence-corrected chi connectivity index (χ2v) is 5.21. The average molecular weight is 247 g/mol. The number of carbonyl (C=O) groups is 1. The fourth-order valence-corrected chi connectivity index (χ4v) is 3.02. The van der Waals surface area contributed by atoms with Crippen LogP contribution in [0.15, 0.2) is 24.3 Å². The Morgan fingerprint density at radius 1 is 1.39 bits per heavy atom. The standard InChI is InChI=1S/C15H21NO2/c1-3-11-8-9-13(10(11)2)16-14-7-5-4-6-12(14)15(17)18/h4-7,10-11,13,16H,3,8-9H2,1-2H3,(H,17,18). The van der Waals surface area contributed by atoms with E-state index in [0.29, 0.717) is 17.5 Å². The molecule has 0 saturated heterocycles. The van der Waals surface area contributed by atoms with Crippen LogP contribution in [0.2, 0.25) is 0 Å². The number of rotatable bonds is 4. The fraction of sp³-hybridized carbons (Fsp3) is 0.533. The van der Waals surface area contributed by atoms with Crippen molar-refractivity contribution in [1.29, 1.82) is 0 Å². The molecule has 1 saturated carbocycles. The Kier molecular flexibility index (Phi) is 3.90. The maximum absolute atomic E-state index is 11.2. The molecule has 0 heterocycles. The molecule has 0 bridgehead atoms. The van der Waals surface area contributed by atoms with Gasteiger partial charge in [-0.1, -0.05) is 32.4 Å². The first-order valence-electron chi connectivity index (χ1n) is 6.72. The summed E-state index contributed by atoms with van der Waals surface area (Å²) < 4.78 is 0. The maximum Gasteiger partial charge on any atom is 0.337 e. The predicted molar refractivity (Wildman–Crippen MR) is 73.0 cm³/mol. The van der Waals surface area contributed by atoms with Crippen molar-refractivity contribution < 1.29 is 9.90 Å². The monoisotopic (exact) mass is 247 g/mol. The van der Waals surface area contributed by atoms with Crippen LogP contribution in [-0.4, -0.2) is 17.1 Å². The zero-order valence-electron chi connectivity index (χ0n) is 11.0. The summed E-state index contributed by atoms with van der Waals surface area (Å²) in [5.41, 5.74) is 1.11. The van der Waals surface area contributed by atoms with Gasteiger partial charge < -0.3 is 10.4 Å². The van der Waals surface area contributed by atoms with Crippen LogP contribution >= 0.6 is 0 Å². The molecule has 3 atom stereocenters. The lowest BCUT2D eigenvalue weighted by Gasteiger charge is -2.22. The van der Waals surface area contributed by atoms with Gasteiger partial charge >= 0.3 is 5.97 Å². The molecule has 1 fully saturated rings. The number of benzene rings is 1. The summed E-state index contributed by atoms with van der Waals surface area (Å²) in [5, 5.41) is 12.6. The Bertz CT molecular complexity index is 430. The van der Waals surface area contributed by atoms with E-state index < -0.39 is 5.97 Å². The van der Waals surface area contributed by atoms with Gasteiger partial charge in [0.15, 0.2) is 0 Å². The van der Waals surface area contributed by atoms with E-state index in [4.69, 9.17) is 5.11 Å². The second kappa shape index (κ2) is 5.42. The Morgan fingerprint density at radius 3 is 2.72 bits per heavy atom. The first-order valence-corrected chi connectivity index (χ1v) is 6.72. The molecule has 1 aliphatic carbocycles. The van der Waals surface area contributed by atoms with Crippen LogP contribution in [-0.2, 0) is 0 Å². The Hall–Kier alpha value is -1.51. The van der Waals surface area contributed by atoms with Crippen LogP contribution in [0.1, 0.15) is 43.5 Å². The minimum Gasteiger partial charge on any atom is -0.478 e. The van der Waals surface area contributed by atoms with Gasteiger partial charge in [0.1, 0.15) is 0 Å². The summed E-state index contributed by atoms with van der Waals surface area (Å²) in [6.07, 6.45) is 3.58. The lowest BCUT2D eigenvalue weighted by Crippen LogP contribution is -2.25. The SMILES string of the molecule is CCC1CCC(Nc2ccccc2C(=O)O)C1C. The smallest absolute Gasteiger partial charge is 0.337 e. The van der Waals surface area contributed by atoms with Gasteiger partial charge in [0, 0.05) is 11.7 Å². The number of hydrogen-bond donors (Lipinski definition) is 2. The van der Waals surface area contributed by atoms with Gasteiger partial charge in [0.25, 0.3) is 0 Å². The van der Waals surface area contributed by atoms with Crippen LogP contribution in [0.25, 0.3) is 0 Å². The summed E-state index contributed by atoms with van der Waals surface area (Å²) in [4.78, 5) is 11.2. The minimum absolute atomic E-state index is 0.365. The van der Waals surface area contributed by atoms with Crippen LogP contribution in [0, 0.1) is 11.8 Å². The third kappa shape index (κ3) is 2.50. The molecule has 3 nitrogen and oxygen atoms in total. The minimum atomic E-state index is -0.865. The molecule has 1 aromatic carbocycles. The molecule has 0 aliphatic heterocycles. The van der Waals surface area contributed by atoms with Gasteiger partial charge in [-0.05, 0) is 36.8 Å². The van der Waals surface area contributed by atoms with E-state index in [1.54, 1.807) is 12.1 Å². The molecule has 18 heavy (non-hydrogen) atoms. The molecular weight excluding hydrogens is 226 g/mol. The topological polar surface area (TPSA) is 49.3 Å². The summed E-state index contributed by atoms with van der Waals surface area (Å²) in [6, 6.07) is 7.56. The van der Waals surface area contributed by atoms with Crippen molar-refractivity contribution in [2.75, 3.05) is 5.32 Å². The summed E-state index contributed by atoms with van der Waals surface area (Å²) in [6.45, 7) is 4.50. The third-order valence-corrected chi connectivity index (χ3v) is 4.25. The predicted octanol–water partition coefficient (Wildman–Crippen LogP) is 3.62. The molecule has 3 heteroatoms. The number of para-hydroxylation sites is 1. The van der Waals surface area contributed by atoms with Crippen molar-refractivity contribution in [1.82, 2.24) is 0 Å². The largest absolute Gasteiger partial charge is 0.478 e. The van der Waals surface area contributed by atoms with E-state index in [1.807, 2.05) is 12.1 Å². The number of anilines is 1. The van der Waals surface area contributed by atoms with Gasteiger partial charge in [-0.2, -0.15) is 0 Å². The molecule has 1 aromatic rings. The lowest BCUT2D eigenvalue weighted by molar-refractivity contribution is 0.0698. The highest BCUT2D eigenvalue weighted by molar-refractivity contribution is 5.94. The molecule has 0 amide bonds. The van der Waals surface area contributed by atoms with Crippen LogP contribution in [0.4, 0.5) is 5.69 Å². The molecular formula is C15H21NO2. The number of carboxylic acids is 1. The lowest BCUT2D eigenvalue weighted by atomic mass is 9.93. The Labute approximate surface area is 108 Å². The van der Waals surface area contributed by atoms with Gasteiger partial charge in [-0.3, -0.25) is 0 Å². The number of nitrogens with one attached hydrogen (secondary N) is 1. The van der Waals surface area contributed by atoms with E-state index in [2.05, 4.69) is 19.2 Å². The van der Waals surface area contributed by atoms with Crippen molar-refractivity contribution in [2.24, 2.45) is 11.8 Å². The van der Waals surface area contributed by atoms with Crippen LogP contribution in [0.3, 0.4) is 0 Å². The maximum atomic E-state index is 11.2. The Morgan fingerprint density at radius 2 is 2.11 bits per heavy atom. The summed E-state index contributed by atoms with van der Waals surface area (Å²) in [5.74, 6) is 0.507. The van der Waals surface area contributed by atoms with Crippen molar-refractivity contribution in [3.8, 4) is 0 Å². The number of hydrogen-bond acceptors (Lipinski definition) is 2. The number of aromatic carboxylic acids is 1. The Balaban J connectivity index is 2.13. The molecule has 2 N–H and O–H groups in total. The average Bonchev–Trinajstić information content (AvgIpc) is 2.71. The van der Waals surface area contributed by atoms with Gasteiger partial charge in [0.2, 0.25) is 0 Å². The van der Waals surface area contributed by atoms with Crippen LogP contribution < -0.4 is 5.32 Å². The molecule has 3 unspecified atom stereocenters. The van der Waals surface area contributed by atoms with E-state index in [-0.39, 0.29) is 0 Å². The molecule has 1 aliphatic rings. The van der Waals surface area contributed by atoms with Crippen molar-refractivity contribution >= 4 is 11.7 Å². The molecule has 2 rings (SSSR count). The highest BCUT2D eigenvalue weighted by atomic mass is 16.4. The van der Waals surface area contributed by atoms with E-state index in [0.717, 1.165) is 18.0 Å². The zero-order chi connectivity index (χ0) is 13.1. The fourth-order valence-electron chi connectivity index (χ4n) is 3.02. The van der Waals surface area contributed by atoms with Gasteiger partial charge in [-0.15, -0.1) is 0 Å². The highest BCUT2D eigenvalue weighted by Gasteiger charge is 2.31. The molecule has 98 valence electrons. The van der Waals surface area contributed by atoms with Gasteiger partial charge in [0.05, 0.1) is 5.56 Å². The molecule has 0 radical (unpaired) electrons. The van der Waals surface area contributed by atoms with Crippen molar-refractivity contribution in [3.63, 3.8) is 0 Å².